The van der Waals surface area contributed by atoms with E-state index in [-0.39, 0.29) is 23.7 Å². The first-order chi connectivity index (χ1) is 15.5. The molecule has 0 aliphatic carbocycles. The zero-order valence-corrected chi connectivity index (χ0v) is 18.7. The van der Waals surface area contributed by atoms with E-state index in [9.17, 15) is 9.18 Å². The van der Waals surface area contributed by atoms with Crippen molar-refractivity contribution in [3.63, 3.8) is 0 Å². The fourth-order valence-electron chi connectivity index (χ4n) is 5.10. The summed E-state index contributed by atoms with van der Waals surface area (Å²) in [6, 6.07) is 4.68. The van der Waals surface area contributed by atoms with Crippen LogP contribution in [0.15, 0.2) is 30.6 Å². The average molecular weight is 437 g/mol. The van der Waals surface area contributed by atoms with Crippen LogP contribution in [-0.4, -0.2) is 50.0 Å². The molecule has 1 amide bonds. The highest BCUT2D eigenvalue weighted by Gasteiger charge is 2.36. The molecule has 168 valence electrons. The molecule has 0 spiro atoms. The second kappa shape index (κ2) is 8.48. The van der Waals surface area contributed by atoms with E-state index < -0.39 is 0 Å². The third-order valence-corrected chi connectivity index (χ3v) is 6.91. The molecule has 1 atom stereocenters. The van der Waals surface area contributed by atoms with Crippen molar-refractivity contribution in [2.24, 2.45) is 13.0 Å². The van der Waals surface area contributed by atoms with Crippen LogP contribution in [0.4, 0.5) is 10.3 Å². The zero-order valence-electron chi connectivity index (χ0n) is 18.7. The molecule has 0 saturated carbocycles. The van der Waals surface area contributed by atoms with Gasteiger partial charge in [-0.1, -0.05) is 0 Å². The van der Waals surface area contributed by atoms with Gasteiger partial charge in [-0.2, -0.15) is 0 Å². The summed E-state index contributed by atoms with van der Waals surface area (Å²) >= 11 is 0. The van der Waals surface area contributed by atoms with Crippen molar-refractivity contribution in [2.45, 2.75) is 45.1 Å². The number of likely N-dealkylation sites (tertiary alicyclic amines) is 1. The number of aromatic nitrogens is 4. The number of hydrogen-bond donors (Lipinski definition) is 0. The van der Waals surface area contributed by atoms with Crippen molar-refractivity contribution in [1.29, 1.82) is 0 Å². The van der Waals surface area contributed by atoms with E-state index in [4.69, 9.17) is 0 Å². The van der Waals surface area contributed by atoms with Crippen molar-refractivity contribution in [3.05, 3.63) is 47.9 Å². The van der Waals surface area contributed by atoms with Gasteiger partial charge in [-0.25, -0.2) is 19.3 Å². The highest BCUT2D eigenvalue weighted by Crippen LogP contribution is 2.33. The highest BCUT2D eigenvalue weighted by molar-refractivity contribution is 5.82. The molecule has 2 saturated heterocycles. The van der Waals surface area contributed by atoms with Crippen molar-refractivity contribution < 1.29 is 9.18 Å². The third-order valence-electron chi connectivity index (χ3n) is 6.91. The molecule has 5 rings (SSSR count). The molecule has 4 heterocycles. The van der Waals surface area contributed by atoms with E-state index in [1.54, 1.807) is 6.07 Å². The quantitative estimate of drug-likeness (QED) is 0.625. The molecule has 7 nitrogen and oxygen atoms in total. The van der Waals surface area contributed by atoms with Gasteiger partial charge in [0.1, 0.15) is 11.6 Å². The van der Waals surface area contributed by atoms with Crippen LogP contribution in [0.3, 0.4) is 0 Å². The molecular weight excluding hydrogens is 407 g/mol. The minimum Gasteiger partial charge on any atom is -0.341 e. The van der Waals surface area contributed by atoms with E-state index in [1.807, 2.05) is 30.9 Å². The number of rotatable bonds is 3. The van der Waals surface area contributed by atoms with Gasteiger partial charge >= 0.3 is 0 Å². The number of carbonyl (C=O) groups is 1. The summed E-state index contributed by atoms with van der Waals surface area (Å²) in [6.45, 7) is 4.17. The van der Waals surface area contributed by atoms with E-state index in [0.29, 0.717) is 5.95 Å². The third kappa shape index (κ3) is 3.82. The van der Waals surface area contributed by atoms with Crippen molar-refractivity contribution >= 4 is 22.8 Å². The molecule has 8 heteroatoms. The molecule has 3 aromatic rings. The summed E-state index contributed by atoms with van der Waals surface area (Å²) in [7, 11) is 2.00. The lowest BCUT2D eigenvalue weighted by Crippen LogP contribution is -2.46. The Balaban J connectivity index is 1.29. The second-order valence-corrected chi connectivity index (χ2v) is 8.97. The number of carbonyl (C=O) groups excluding carboxylic acids is 1. The van der Waals surface area contributed by atoms with Gasteiger partial charge < -0.3 is 14.4 Å². The largest absolute Gasteiger partial charge is 0.341 e. The van der Waals surface area contributed by atoms with Gasteiger partial charge in [-0.15, -0.1) is 0 Å². The highest BCUT2D eigenvalue weighted by atomic mass is 19.1. The standard InChI is InChI=1S/C24H29FN6O/c1-16-19-15-18(25)6-7-20(19)28-24(27-16)30-12-8-17(9-13-30)23(32)31-11-4-3-5-21(31)22-26-10-14-29(22)2/h6-7,10,14-15,17,21H,3-5,8-9,11-13H2,1-2H3. The smallest absolute Gasteiger partial charge is 0.226 e. The van der Waals surface area contributed by atoms with Crippen molar-refractivity contribution in [2.75, 3.05) is 24.5 Å². The predicted octanol–water partition coefficient (Wildman–Crippen LogP) is 3.78. The molecule has 1 unspecified atom stereocenters. The molecule has 0 N–H and O–H groups in total. The number of benzene rings is 1. The van der Waals surface area contributed by atoms with Crippen LogP contribution in [0, 0.1) is 18.7 Å². The predicted molar refractivity (Wildman–Crippen MR) is 121 cm³/mol. The summed E-state index contributed by atoms with van der Waals surface area (Å²) in [4.78, 5) is 31.5. The number of fused-ring (bicyclic) bond motifs is 1. The Labute approximate surface area is 187 Å². The number of anilines is 1. The lowest BCUT2D eigenvalue weighted by atomic mass is 9.92. The van der Waals surface area contributed by atoms with E-state index in [0.717, 1.165) is 74.2 Å². The van der Waals surface area contributed by atoms with E-state index >= 15 is 0 Å². The minimum absolute atomic E-state index is 0.0165. The van der Waals surface area contributed by atoms with Gasteiger partial charge in [0.25, 0.3) is 0 Å². The van der Waals surface area contributed by atoms with Gasteiger partial charge in [0, 0.05) is 50.4 Å². The van der Waals surface area contributed by atoms with Crippen LogP contribution in [0.1, 0.15) is 49.7 Å². The topological polar surface area (TPSA) is 67.2 Å². The van der Waals surface area contributed by atoms with E-state index in [1.165, 1.54) is 12.1 Å². The first-order valence-electron chi connectivity index (χ1n) is 11.5. The normalized spacial score (nSPS) is 20.2. The molecular formula is C24H29FN6O. The number of aryl methyl sites for hydroxylation is 2. The maximum absolute atomic E-state index is 13.6. The lowest BCUT2D eigenvalue weighted by molar-refractivity contribution is -0.140. The Kier molecular flexibility index (Phi) is 5.53. The molecule has 2 aliphatic heterocycles. The maximum Gasteiger partial charge on any atom is 0.226 e. The summed E-state index contributed by atoms with van der Waals surface area (Å²) in [5.41, 5.74) is 1.52. The number of nitrogens with zero attached hydrogens (tertiary/aromatic N) is 6. The first-order valence-corrected chi connectivity index (χ1v) is 11.5. The SMILES string of the molecule is Cc1nc(N2CCC(C(=O)N3CCCCC3c3nccn3C)CC2)nc2ccc(F)cc12. The van der Waals surface area contributed by atoms with Crippen LogP contribution in [-0.2, 0) is 11.8 Å². The molecule has 1 aromatic carbocycles. The maximum atomic E-state index is 13.6. The zero-order chi connectivity index (χ0) is 22.2. The molecule has 0 bridgehead atoms. The molecule has 32 heavy (non-hydrogen) atoms. The van der Waals surface area contributed by atoms with Crippen LogP contribution in [0.2, 0.25) is 0 Å². The van der Waals surface area contributed by atoms with Crippen LogP contribution >= 0.6 is 0 Å². The number of halogens is 1. The van der Waals surface area contributed by atoms with Crippen LogP contribution in [0.25, 0.3) is 10.9 Å². The first kappa shape index (κ1) is 20.8. The van der Waals surface area contributed by atoms with Gasteiger partial charge in [0.05, 0.1) is 17.3 Å². The summed E-state index contributed by atoms with van der Waals surface area (Å²) in [5, 5.41) is 0.740. The fraction of sp³-hybridized carbons (Fsp3) is 0.500. The molecule has 2 fully saturated rings. The summed E-state index contributed by atoms with van der Waals surface area (Å²) in [5.74, 6) is 1.63. The van der Waals surface area contributed by atoms with Gasteiger partial charge in [0.15, 0.2) is 0 Å². The lowest BCUT2D eigenvalue weighted by Gasteiger charge is -2.39. The average Bonchev–Trinajstić information content (AvgIpc) is 3.24. The molecule has 2 aromatic heterocycles. The van der Waals surface area contributed by atoms with Crippen molar-refractivity contribution in [3.8, 4) is 0 Å². The second-order valence-electron chi connectivity index (χ2n) is 8.97. The summed E-state index contributed by atoms with van der Waals surface area (Å²) in [6.07, 6.45) is 8.48. The Bertz CT molecular complexity index is 1140. The monoisotopic (exact) mass is 436 g/mol. The number of imidazole rings is 1. The Morgan fingerprint density at radius 1 is 1.09 bits per heavy atom. The molecule has 2 aliphatic rings. The Hall–Kier alpha value is -3.03. The van der Waals surface area contributed by atoms with Crippen LogP contribution < -0.4 is 4.90 Å². The van der Waals surface area contributed by atoms with E-state index in [2.05, 4.69) is 24.8 Å². The number of piperidine rings is 2. The Morgan fingerprint density at radius 3 is 2.66 bits per heavy atom. The number of hydrogen-bond acceptors (Lipinski definition) is 5. The van der Waals surface area contributed by atoms with Gasteiger partial charge in [-0.05, 0) is 57.2 Å². The Morgan fingerprint density at radius 2 is 1.91 bits per heavy atom. The fourth-order valence-corrected chi connectivity index (χ4v) is 5.10. The summed E-state index contributed by atoms with van der Waals surface area (Å²) < 4.78 is 15.6. The minimum atomic E-state index is -0.280. The molecule has 0 radical (unpaired) electrons. The van der Waals surface area contributed by atoms with Gasteiger partial charge in [-0.3, -0.25) is 4.79 Å². The van der Waals surface area contributed by atoms with Crippen molar-refractivity contribution in [1.82, 2.24) is 24.4 Å². The number of amides is 1. The van der Waals surface area contributed by atoms with Crippen LogP contribution in [0.5, 0.6) is 0 Å². The van der Waals surface area contributed by atoms with Gasteiger partial charge in [0.2, 0.25) is 11.9 Å².